The Hall–Kier alpha value is -2.01. The van der Waals surface area contributed by atoms with Crippen LogP contribution < -0.4 is 4.42 Å². The first kappa shape index (κ1) is 12.1. The second kappa shape index (κ2) is 5.18. The Bertz CT molecular complexity index is 430. The van der Waals surface area contributed by atoms with Gasteiger partial charge in [0.05, 0.1) is 11.8 Å². The van der Waals surface area contributed by atoms with Gasteiger partial charge in [-0.05, 0) is 12.1 Å². The first-order valence-corrected chi connectivity index (χ1v) is 4.55. The van der Waals surface area contributed by atoms with Crippen LogP contribution >= 0.6 is 11.8 Å². The van der Waals surface area contributed by atoms with E-state index < -0.39 is 17.6 Å². The number of aliphatic carboxylic acids is 2. The van der Waals surface area contributed by atoms with E-state index in [9.17, 15) is 9.59 Å². The third-order valence-corrected chi connectivity index (χ3v) is 2.05. The highest BCUT2D eigenvalue weighted by Crippen LogP contribution is 2.21. The van der Waals surface area contributed by atoms with Crippen LogP contribution in [-0.2, 0) is 9.59 Å². The van der Waals surface area contributed by atoms with Crippen molar-refractivity contribution in [3.63, 3.8) is 0 Å². The minimum absolute atomic E-state index is 0.374. The molecule has 0 aliphatic carbocycles. The van der Waals surface area contributed by atoms with Crippen LogP contribution in [0, 0.1) is 0 Å². The molecule has 0 saturated heterocycles. The molecule has 0 heterocycles. The summed E-state index contributed by atoms with van der Waals surface area (Å²) in [5.41, 5.74) is -0.153. The Morgan fingerprint density at radius 1 is 1.19 bits per heavy atom. The molecule has 0 saturated carbocycles. The summed E-state index contributed by atoms with van der Waals surface area (Å²) in [4.78, 5) is 21.2. The van der Waals surface area contributed by atoms with Crippen molar-refractivity contribution in [3.8, 4) is 0 Å². The highest BCUT2D eigenvalue weighted by atomic mass is 35.5. The van der Waals surface area contributed by atoms with Crippen LogP contribution in [0.25, 0.3) is 0 Å². The number of para-hydroxylation sites is 1. The summed E-state index contributed by atoms with van der Waals surface area (Å²) < 4.78 is 0.774. The average molecular weight is 242 g/mol. The number of rotatable bonds is 4. The van der Waals surface area contributed by atoms with Crippen molar-refractivity contribution in [3.05, 3.63) is 42.1 Å². The Kier molecular flexibility index (Phi) is 3.90. The number of carboxylic acids is 2. The molecule has 0 spiro atoms. The minimum atomic E-state index is -1.42. The standard InChI is InChI=1S/C10H8ClNO4/c11-12(7-4-2-1-3-5-7)8(10(15)16)6-9(13)14/h1-6H,(H,13,14)(H,15,16)/b8-6+. The zero-order valence-corrected chi connectivity index (χ0v) is 8.76. The van der Waals surface area contributed by atoms with Gasteiger partial charge in [0.1, 0.15) is 0 Å². The zero-order valence-electron chi connectivity index (χ0n) is 8.00. The maximum Gasteiger partial charge on any atom is 0.354 e. The van der Waals surface area contributed by atoms with Crippen LogP contribution in [0.5, 0.6) is 0 Å². The Labute approximate surface area is 96.3 Å². The van der Waals surface area contributed by atoms with Crippen molar-refractivity contribution in [1.29, 1.82) is 0 Å². The molecular formula is C10H8ClNO4. The lowest BCUT2D eigenvalue weighted by Crippen LogP contribution is -2.19. The van der Waals surface area contributed by atoms with Gasteiger partial charge in [0, 0.05) is 11.8 Å². The van der Waals surface area contributed by atoms with Gasteiger partial charge in [0.15, 0.2) is 5.70 Å². The summed E-state index contributed by atoms with van der Waals surface area (Å²) in [6.45, 7) is 0. The van der Waals surface area contributed by atoms with Crippen molar-refractivity contribution in [2.24, 2.45) is 0 Å². The monoisotopic (exact) mass is 241 g/mol. The molecule has 0 aliphatic heterocycles. The van der Waals surface area contributed by atoms with E-state index >= 15 is 0 Å². The van der Waals surface area contributed by atoms with Crippen molar-refractivity contribution in [1.82, 2.24) is 0 Å². The number of anilines is 1. The van der Waals surface area contributed by atoms with Gasteiger partial charge in [-0.15, -0.1) is 0 Å². The number of hydrogen-bond acceptors (Lipinski definition) is 3. The third-order valence-electron chi connectivity index (χ3n) is 1.67. The molecule has 0 radical (unpaired) electrons. The van der Waals surface area contributed by atoms with Crippen molar-refractivity contribution in [2.75, 3.05) is 4.42 Å². The number of benzene rings is 1. The SMILES string of the molecule is O=C(O)/C=C(\C(=O)O)N(Cl)c1ccccc1. The molecule has 0 aromatic heterocycles. The van der Waals surface area contributed by atoms with E-state index in [1.54, 1.807) is 30.3 Å². The maximum absolute atomic E-state index is 10.8. The topological polar surface area (TPSA) is 77.8 Å². The van der Waals surface area contributed by atoms with Gasteiger partial charge in [-0.2, -0.15) is 0 Å². The molecule has 0 unspecified atom stereocenters. The summed E-state index contributed by atoms with van der Waals surface area (Å²) >= 11 is 5.73. The second-order valence-corrected chi connectivity index (χ2v) is 3.13. The smallest absolute Gasteiger partial charge is 0.354 e. The molecular weight excluding hydrogens is 234 g/mol. The molecule has 0 fully saturated rings. The Morgan fingerprint density at radius 2 is 1.75 bits per heavy atom. The number of carboxylic acid groups (broad SMARTS) is 2. The first-order chi connectivity index (χ1) is 7.52. The van der Waals surface area contributed by atoms with Gasteiger partial charge in [-0.25, -0.2) is 14.0 Å². The molecule has 16 heavy (non-hydrogen) atoms. The van der Waals surface area contributed by atoms with Gasteiger partial charge in [-0.1, -0.05) is 18.2 Å². The molecule has 6 heteroatoms. The van der Waals surface area contributed by atoms with E-state index in [0.29, 0.717) is 11.8 Å². The predicted molar refractivity (Wildman–Crippen MR) is 58.1 cm³/mol. The number of nitrogens with zero attached hydrogens (tertiary/aromatic N) is 1. The largest absolute Gasteiger partial charge is 0.478 e. The van der Waals surface area contributed by atoms with Gasteiger partial charge >= 0.3 is 11.9 Å². The quantitative estimate of drug-likeness (QED) is 0.620. The molecule has 5 nitrogen and oxygen atoms in total. The zero-order chi connectivity index (χ0) is 12.1. The van der Waals surface area contributed by atoms with Crippen molar-refractivity contribution < 1.29 is 19.8 Å². The highest BCUT2D eigenvalue weighted by molar-refractivity contribution is 6.30. The van der Waals surface area contributed by atoms with Gasteiger partial charge in [-0.3, -0.25) is 0 Å². The minimum Gasteiger partial charge on any atom is -0.478 e. The van der Waals surface area contributed by atoms with E-state index in [1.807, 2.05) is 0 Å². The molecule has 2 N–H and O–H groups in total. The van der Waals surface area contributed by atoms with E-state index in [2.05, 4.69) is 0 Å². The van der Waals surface area contributed by atoms with E-state index in [4.69, 9.17) is 22.0 Å². The van der Waals surface area contributed by atoms with Crippen LogP contribution in [0.4, 0.5) is 5.69 Å². The first-order valence-electron chi connectivity index (χ1n) is 4.21. The van der Waals surface area contributed by atoms with Crippen LogP contribution in [0.3, 0.4) is 0 Å². The Balaban J connectivity index is 3.06. The average Bonchev–Trinajstić information content (AvgIpc) is 2.25. The molecule has 0 amide bonds. The second-order valence-electron chi connectivity index (χ2n) is 2.79. The van der Waals surface area contributed by atoms with Gasteiger partial charge < -0.3 is 10.2 Å². The van der Waals surface area contributed by atoms with Gasteiger partial charge in [0.25, 0.3) is 0 Å². The fourth-order valence-corrected chi connectivity index (χ4v) is 1.25. The van der Waals surface area contributed by atoms with Crippen LogP contribution in [0.2, 0.25) is 0 Å². The summed E-state index contributed by atoms with van der Waals surface area (Å²) in [7, 11) is 0. The van der Waals surface area contributed by atoms with E-state index in [1.165, 1.54) is 0 Å². The lowest BCUT2D eigenvalue weighted by atomic mass is 10.3. The summed E-state index contributed by atoms with van der Waals surface area (Å²) in [6, 6.07) is 8.17. The molecule has 0 bridgehead atoms. The predicted octanol–water partition coefficient (Wildman–Crippen LogP) is 1.70. The molecule has 84 valence electrons. The van der Waals surface area contributed by atoms with Crippen molar-refractivity contribution >= 4 is 29.4 Å². The summed E-state index contributed by atoms with van der Waals surface area (Å²) in [6.07, 6.45) is 0.530. The van der Waals surface area contributed by atoms with Crippen LogP contribution in [0.1, 0.15) is 0 Å². The summed E-state index contributed by atoms with van der Waals surface area (Å²) in [5.74, 6) is -2.79. The molecule has 1 rings (SSSR count). The fourth-order valence-electron chi connectivity index (χ4n) is 1.02. The lowest BCUT2D eigenvalue weighted by molar-refractivity contribution is -0.135. The number of carbonyl (C=O) groups is 2. The molecule has 1 aromatic rings. The van der Waals surface area contributed by atoms with E-state index in [-0.39, 0.29) is 0 Å². The number of hydrogen-bond donors (Lipinski definition) is 2. The van der Waals surface area contributed by atoms with Gasteiger partial charge in [0.2, 0.25) is 0 Å². The number of halogens is 1. The maximum atomic E-state index is 10.8. The molecule has 0 aliphatic rings. The molecule has 0 atom stereocenters. The summed E-state index contributed by atoms with van der Waals surface area (Å²) in [5, 5.41) is 17.3. The normalized spacial score (nSPS) is 10.9. The third kappa shape index (κ3) is 2.99. The fraction of sp³-hybridized carbons (Fsp3) is 0. The Morgan fingerprint density at radius 3 is 2.19 bits per heavy atom. The van der Waals surface area contributed by atoms with Crippen molar-refractivity contribution in [2.45, 2.75) is 0 Å². The van der Waals surface area contributed by atoms with Crippen LogP contribution in [0.15, 0.2) is 42.1 Å². The van der Waals surface area contributed by atoms with E-state index in [0.717, 1.165) is 4.42 Å². The highest BCUT2D eigenvalue weighted by Gasteiger charge is 2.18. The lowest BCUT2D eigenvalue weighted by Gasteiger charge is -2.15. The molecule has 1 aromatic carbocycles. The van der Waals surface area contributed by atoms with Crippen LogP contribution in [-0.4, -0.2) is 22.2 Å².